The average Bonchev–Trinajstić information content (AvgIpc) is 3.75. The number of pyridine rings is 1. The van der Waals surface area contributed by atoms with Crippen molar-refractivity contribution in [3.63, 3.8) is 0 Å². The van der Waals surface area contributed by atoms with E-state index < -0.39 is 23.9 Å². The van der Waals surface area contributed by atoms with Crippen LogP contribution in [0.2, 0.25) is 5.02 Å². The zero-order valence-corrected chi connectivity index (χ0v) is 25.4. The Morgan fingerprint density at radius 2 is 1.77 bits per heavy atom. The van der Waals surface area contributed by atoms with Gasteiger partial charge in [0.15, 0.2) is 0 Å². The maximum absolute atomic E-state index is 13.8. The van der Waals surface area contributed by atoms with E-state index in [4.69, 9.17) is 16.6 Å². The van der Waals surface area contributed by atoms with Gasteiger partial charge in [-0.15, -0.1) is 0 Å². The monoisotopic (exact) mass is 658 g/mol. The van der Waals surface area contributed by atoms with Crippen LogP contribution < -0.4 is 10.5 Å². The number of benzene rings is 3. The molecule has 0 aliphatic heterocycles. The Hall–Kier alpha value is -5.62. The van der Waals surface area contributed by atoms with Crippen LogP contribution in [-0.2, 0) is 12.6 Å². The molecule has 0 aliphatic carbocycles. The van der Waals surface area contributed by atoms with E-state index in [0.717, 1.165) is 33.1 Å². The van der Waals surface area contributed by atoms with Crippen LogP contribution in [0.25, 0.3) is 28.1 Å². The van der Waals surface area contributed by atoms with Gasteiger partial charge in [-0.2, -0.15) is 18.3 Å². The summed E-state index contributed by atoms with van der Waals surface area (Å²) in [5, 5.41) is 13.5. The molecular formula is C34H26ClF3N6O3. The first-order chi connectivity index (χ1) is 22.5. The van der Waals surface area contributed by atoms with Gasteiger partial charge in [0.05, 0.1) is 29.2 Å². The maximum atomic E-state index is 13.8. The number of H-pyrrole nitrogens is 1. The second-order valence-electron chi connectivity index (χ2n) is 10.8. The molecular weight excluding hydrogens is 633 g/mol. The highest BCUT2D eigenvalue weighted by Crippen LogP contribution is 2.33. The van der Waals surface area contributed by atoms with E-state index in [0.29, 0.717) is 45.5 Å². The molecule has 2 N–H and O–H groups in total. The first-order valence-corrected chi connectivity index (χ1v) is 14.7. The molecule has 6 rings (SSSR count). The minimum atomic E-state index is -4.56. The number of aromatic amines is 1. The van der Waals surface area contributed by atoms with Crippen LogP contribution in [-0.4, -0.2) is 42.6 Å². The van der Waals surface area contributed by atoms with Crippen LogP contribution in [0.5, 0.6) is 0 Å². The second kappa shape index (κ2) is 12.6. The van der Waals surface area contributed by atoms with Crippen molar-refractivity contribution < 1.29 is 23.1 Å². The van der Waals surface area contributed by atoms with Crippen molar-refractivity contribution in [2.75, 3.05) is 11.9 Å². The summed E-state index contributed by atoms with van der Waals surface area (Å²) in [4.78, 5) is 34.2. The summed E-state index contributed by atoms with van der Waals surface area (Å²) in [5.41, 5.74) is 2.73. The molecule has 0 fully saturated rings. The minimum Gasteiger partial charge on any atom is -0.465 e. The van der Waals surface area contributed by atoms with E-state index in [2.05, 4.69) is 10.1 Å². The molecule has 0 radical (unpaired) electrons. The van der Waals surface area contributed by atoms with Crippen molar-refractivity contribution in [2.24, 2.45) is 0 Å². The number of carbonyl (C=O) groups is 1. The van der Waals surface area contributed by atoms with Gasteiger partial charge in [0, 0.05) is 60.0 Å². The number of hydrogen-bond acceptors (Lipinski definition) is 4. The SMILES string of the molecule is CN(C(=O)O)c1ccc(-c2c[nH]c(C(Cc3ccccc3)n3ccc(-c4cc(Cl)ccc4-n4cc(C(F)(F)F)cn4)cc3=O)n2)cc1. The lowest BCUT2D eigenvalue weighted by Crippen LogP contribution is -2.27. The van der Waals surface area contributed by atoms with Gasteiger partial charge in [-0.05, 0) is 47.5 Å². The summed E-state index contributed by atoms with van der Waals surface area (Å²) in [5.74, 6) is 0.519. The van der Waals surface area contributed by atoms with Gasteiger partial charge >= 0.3 is 12.3 Å². The van der Waals surface area contributed by atoms with Gasteiger partial charge in [-0.3, -0.25) is 9.69 Å². The summed E-state index contributed by atoms with van der Waals surface area (Å²) < 4.78 is 42.5. The third-order valence-corrected chi connectivity index (χ3v) is 7.97. The van der Waals surface area contributed by atoms with E-state index in [-0.39, 0.29) is 5.56 Å². The topological polar surface area (TPSA) is 109 Å². The lowest BCUT2D eigenvalue weighted by Gasteiger charge is -2.19. The third kappa shape index (κ3) is 6.68. The predicted octanol–water partition coefficient (Wildman–Crippen LogP) is 7.71. The van der Waals surface area contributed by atoms with Crippen LogP contribution in [0.4, 0.5) is 23.7 Å². The number of alkyl halides is 3. The molecule has 238 valence electrons. The standard InChI is InChI=1S/C34H26ClF3N6O3/c1-42(33(46)47)26-10-7-22(8-11-26)28-19-39-32(41-28)30(15-21-5-3-2-4-6-21)43-14-13-23(16-31(43)45)27-17-25(35)9-12-29(27)44-20-24(18-40-44)34(36,37)38/h2-14,16-20,30H,15H2,1H3,(H,39,41)(H,46,47). The summed E-state index contributed by atoms with van der Waals surface area (Å²) in [7, 11) is 1.45. The molecule has 9 nitrogen and oxygen atoms in total. The summed E-state index contributed by atoms with van der Waals surface area (Å²) in [6, 6.07) is 23.7. The number of imidazole rings is 1. The van der Waals surface area contributed by atoms with E-state index in [1.807, 2.05) is 30.3 Å². The van der Waals surface area contributed by atoms with Crippen LogP contribution >= 0.6 is 11.6 Å². The maximum Gasteiger partial charge on any atom is 0.419 e. The Kier molecular flexibility index (Phi) is 8.44. The molecule has 0 spiro atoms. The van der Waals surface area contributed by atoms with Crippen molar-refractivity contribution >= 4 is 23.4 Å². The van der Waals surface area contributed by atoms with Crippen molar-refractivity contribution in [3.05, 3.63) is 142 Å². The molecule has 6 aromatic rings. The molecule has 0 saturated heterocycles. The number of amides is 1. The number of rotatable bonds is 8. The fraction of sp³-hybridized carbons (Fsp3) is 0.118. The normalized spacial score (nSPS) is 12.2. The molecule has 3 aromatic heterocycles. The molecule has 0 saturated carbocycles. The average molecular weight is 659 g/mol. The quantitative estimate of drug-likeness (QED) is 0.174. The zero-order chi connectivity index (χ0) is 33.3. The van der Waals surface area contributed by atoms with Gasteiger partial charge in [-0.1, -0.05) is 54.1 Å². The van der Waals surface area contributed by atoms with Gasteiger partial charge in [0.25, 0.3) is 5.56 Å². The zero-order valence-electron chi connectivity index (χ0n) is 24.7. The van der Waals surface area contributed by atoms with Crippen LogP contribution in [0.3, 0.4) is 0 Å². The molecule has 3 heterocycles. The van der Waals surface area contributed by atoms with Crippen molar-refractivity contribution in [3.8, 4) is 28.1 Å². The highest BCUT2D eigenvalue weighted by atomic mass is 35.5. The number of aromatic nitrogens is 5. The van der Waals surface area contributed by atoms with E-state index in [1.165, 1.54) is 13.1 Å². The highest BCUT2D eigenvalue weighted by molar-refractivity contribution is 6.31. The van der Waals surface area contributed by atoms with Crippen LogP contribution in [0, 0.1) is 0 Å². The van der Waals surface area contributed by atoms with Crippen molar-refractivity contribution in [1.82, 2.24) is 24.3 Å². The molecule has 0 aliphatic rings. The minimum absolute atomic E-state index is 0.319. The first-order valence-electron chi connectivity index (χ1n) is 14.3. The number of halogens is 4. The van der Waals surface area contributed by atoms with E-state index in [9.17, 15) is 27.9 Å². The Morgan fingerprint density at radius 1 is 1.02 bits per heavy atom. The molecule has 1 amide bonds. The number of nitrogens with one attached hydrogen (secondary N) is 1. The second-order valence-corrected chi connectivity index (χ2v) is 11.2. The summed E-state index contributed by atoms with van der Waals surface area (Å²) >= 11 is 6.28. The Labute approximate surface area is 271 Å². The molecule has 47 heavy (non-hydrogen) atoms. The molecule has 3 aromatic carbocycles. The first kappa shape index (κ1) is 31.4. The fourth-order valence-corrected chi connectivity index (χ4v) is 5.41. The van der Waals surface area contributed by atoms with E-state index >= 15 is 0 Å². The van der Waals surface area contributed by atoms with Crippen LogP contribution in [0.15, 0.2) is 115 Å². The molecule has 0 bridgehead atoms. The lowest BCUT2D eigenvalue weighted by molar-refractivity contribution is -0.137. The largest absolute Gasteiger partial charge is 0.465 e. The van der Waals surface area contributed by atoms with Crippen molar-refractivity contribution in [2.45, 2.75) is 18.6 Å². The molecule has 1 unspecified atom stereocenters. The molecule has 13 heteroatoms. The predicted molar refractivity (Wildman–Crippen MR) is 172 cm³/mol. The van der Waals surface area contributed by atoms with Crippen LogP contribution in [0.1, 0.15) is 23.0 Å². The molecule has 1 atom stereocenters. The Morgan fingerprint density at radius 3 is 2.43 bits per heavy atom. The fourth-order valence-electron chi connectivity index (χ4n) is 5.24. The summed E-state index contributed by atoms with van der Waals surface area (Å²) in [6.07, 6.45) is -0.250. The Balaban J connectivity index is 1.37. The number of carboxylic acid groups (broad SMARTS) is 1. The third-order valence-electron chi connectivity index (χ3n) is 7.73. The summed E-state index contributed by atoms with van der Waals surface area (Å²) in [6.45, 7) is 0. The van der Waals surface area contributed by atoms with Gasteiger partial charge in [0.1, 0.15) is 5.82 Å². The Bertz CT molecular complexity index is 2110. The van der Waals surface area contributed by atoms with E-state index in [1.54, 1.807) is 65.5 Å². The highest BCUT2D eigenvalue weighted by Gasteiger charge is 2.32. The van der Waals surface area contributed by atoms with Gasteiger partial charge in [0.2, 0.25) is 0 Å². The van der Waals surface area contributed by atoms with Gasteiger partial charge in [-0.25, -0.2) is 14.5 Å². The number of anilines is 1. The smallest absolute Gasteiger partial charge is 0.419 e. The lowest BCUT2D eigenvalue weighted by atomic mass is 10.0. The number of nitrogens with zero attached hydrogens (tertiary/aromatic N) is 5. The number of hydrogen-bond donors (Lipinski definition) is 2. The van der Waals surface area contributed by atoms with Crippen molar-refractivity contribution in [1.29, 1.82) is 0 Å². The van der Waals surface area contributed by atoms with Gasteiger partial charge < -0.3 is 14.7 Å².